The lowest BCUT2D eigenvalue weighted by molar-refractivity contribution is 0.0203. The van der Waals surface area contributed by atoms with Crippen molar-refractivity contribution in [2.75, 3.05) is 50.8 Å². The Morgan fingerprint density at radius 1 is 1.07 bits per heavy atom. The summed E-state index contributed by atoms with van der Waals surface area (Å²) < 4.78 is 5.47. The van der Waals surface area contributed by atoms with Crippen molar-refractivity contribution >= 4 is 16.7 Å². The Bertz CT molecular complexity index is 738. The van der Waals surface area contributed by atoms with E-state index in [1.54, 1.807) is 0 Å². The Kier molecular flexibility index (Phi) is 6.22. The van der Waals surface area contributed by atoms with E-state index in [4.69, 9.17) is 9.72 Å². The van der Waals surface area contributed by atoms with Crippen LogP contribution in [0.2, 0.25) is 0 Å². The van der Waals surface area contributed by atoms with Crippen molar-refractivity contribution in [1.29, 1.82) is 0 Å². The molecule has 1 N–H and O–H groups in total. The average Bonchev–Trinajstić information content (AvgIpc) is 2.74. The number of morpholine rings is 1. The lowest BCUT2D eigenvalue weighted by Crippen LogP contribution is -2.46. The minimum Gasteiger partial charge on any atom is -0.379 e. The third-order valence-corrected chi connectivity index (χ3v) is 5.86. The van der Waals surface area contributed by atoms with Crippen LogP contribution in [0.5, 0.6) is 0 Å². The number of nitrogens with zero attached hydrogens (tertiary/aromatic N) is 3. The average molecular weight is 369 g/mol. The second kappa shape index (κ2) is 9.00. The Morgan fingerprint density at radius 3 is 2.67 bits per heavy atom. The molecule has 0 saturated carbocycles. The molecule has 2 fully saturated rings. The monoisotopic (exact) mass is 368 g/mol. The van der Waals surface area contributed by atoms with Crippen LogP contribution in [0.3, 0.4) is 0 Å². The van der Waals surface area contributed by atoms with E-state index >= 15 is 0 Å². The van der Waals surface area contributed by atoms with Crippen LogP contribution < -0.4 is 10.2 Å². The molecule has 146 valence electrons. The second-order valence-electron chi connectivity index (χ2n) is 7.84. The molecule has 0 bridgehead atoms. The van der Waals surface area contributed by atoms with Gasteiger partial charge in [0.15, 0.2) is 0 Å². The Balaban J connectivity index is 1.47. The fourth-order valence-electron chi connectivity index (χ4n) is 4.22. The summed E-state index contributed by atoms with van der Waals surface area (Å²) in [5, 5.41) is 4.93. The summed E-state index contributed by atoms with van der Waals surface area (Å²) in [7, 11) is 0. The van der Waals surface area contributed by atoms with Crippen molar-refractivity contribution in [2.45, 2.75) is 38.8 Å². The van der Waals surface area contributed by atoms with Gasteiger partial charge in [-0.2, -0.15) is 0 Å². The van der Waals surface area contributed by atoms with Gasteiger partial charge in [0, 0.05) is 56.3 Å². The third kappa shape index (κ3) is 4.60. The zero-order chi connectivity index (χ0) is 18.5. The lowest BCUT2D eigenvalue weighted by atomic mass is 10.1. The standard InChI is InChI=1S/C22H32N4O/c1-18(25-11-13-27-14-12-25)16-23-17-20-15-19-7-3-4-8-21(19)24-22(20)26-9-5-2-6-10-26/h3-4,7-8,15,18,23H,2,5-6,9-14,16-17H2,1H3. The van der Waals surface area contributed by atoms with Crippen LogP contribution in [0.1, 0.15) is 31.7 Å². The van der Waals surface area contributed by atoms with E-state index in [-0.39, 0.29) is 0 Å². The molecule has 5 heteroatoms. The van der Waals surface area contributed by atoms with Gasteiger partial charge in [0.25, 0.3) is 0 Å². The first-order valence-electron chi connectivity index (χ1n) is 10.5. The SMILES string of the molecule is CC(CNCc1cc2ccccc2nc1N1CCCCC1)N1CCOCC1. The van der Waals surface area contributed by atoms with Gasteiger partial charge in [-0.05, 0) is 38.3 Å². The molecule has 1 aromatic carbocycles. The maximum atomic E-state index is 5.47. The molecule has 2 aliphatic heterocycles. The summed E-state index contributed by atoms with van der Waals surface area (Å²) in [4.78, 5) is 10.0. The first-order valence-corrected chi connectivity index (χ1v) is 10.5. The first-order chi connectivity index (χ1) is 13.3. The first kappa shape index (κ1) is 18.7. The van der Waals surface area contributed by atoms with Gasteiger partial charge in [0.2, 0.25) is 0 Å². The molecule has 0 amide bonds. The van der Waals surface area contributed by atoms with Crippen molar-refractivity contribution in [3.05, 3.63) is 35.9 Å². The van der Waals surface area contributed by atoms with E-state index in [2.05, 4.69) is 52.4 Å². The van der Waals surface area contributed by atoms with Crippen LogP contribution >= 0.6 is 0 Å². The molecule has 5 nitrogen and oxygen atoms in total. The van der Waals surface area contributed by atoms with E-state index in [0.29, 0.717) is 6.04 Å². The lowest BCUT2D eigenvalue weighted by Gasteiger charge is -2.33. The number of piperidine rings is 1. The number of pyridine rings is 1. The largest absolute Gasteiger partial charge is 0.379 e. The Hall–Kier alpha value is -1.69. The van der Waals surface area contributed by atoms with Gasteiger partial charge < -0.3 is 15.0 Å². The molecule has 0 spiro atoms. The smallest absolute Gasteiger partial charge is 0.133 e. The number of fused-ring (bicyclic) bond motifs is 1. The molecule has 0 radical (unpaired) electrons. The van der Waals surface area contributed by atoms with Gasteiger partial charge in [-0.3, -0.25) is 4.90 Å². The molecular formula is C22H32N4O. The highest BCUT2D eigenvalue weighted by Crippen LogP contribution is 2.26. The van der Waals surface area contributed by atoms with Crippen molar-refractivity contribution in [3.8, 4) is 0 Å². The number of nitrogens with one attached hydrogen (secondary N) is 1. The molecule has 2 saturated heterocycles. The summed E-state index contributed by atoms with van der Waals surface area (Å²) >= 11 is 0. The zero-order valence-corrected chi connectivity index (χ0v) is 16.5. The van der Waals surface area contributed by atoms with E-state index in [1.165, 1.54) is 36.0 Å². The number of aromatic nitrogens is 1. The predicted octanol–water partition coefficient (Wildman–Crippen LogP) is 3.04. The van der Waals surface area contributed by atoms with E-state index in [1.807, 2.05) is 0 Å². The van der Waals surface area contributed by atoms with Crippen molar-refractivity contribution in [3.63, 3.8) is 0 Å². The van der Waals surface area contributed by atoms with E-state index in [9.17, 15) is 0 Å². The summed E-state index contributed by atoms with van der Waals surface area (Å²) in [6.45, 7) is 10.2. The van der Waals surface area contributed by atoms with Crippen LogP contribution in [-0.4, -0.2) is 61.9 Å². The Labute approximate surface area is 162 Å². The van der Waals surface area contributed by atoms with Gasteiger partial charge in [-0.1, -0.05) is 18.2 Å². The second-order valence-corrected chi connectivity index (χ2v) is 7.84. The highest BCUT2D eigenvalue weighted by Gasteiger charge is 2.19. The summed E-state index contributed by atoms with van der Waals surface area (Å²) in [5.74, 6) is 1.18. The van der Waals surface area contributed by atoms with Crippen molar-refractivity contribution in [2.24, 2.45) is 0 Å². The highest BCUT2D eigenvalue weighted by atomic mass is 16.5. The third-order valence-electron chi connectivity index (χ3n) is 5.86. The minimum absolute atomic E-state index is 0.528. The van der Waals surface area contributed by atoms with E-state index < -0.39 is 0 Å². The predicted molar refractivity (Wildman–Crippen MR) is 111 cm³/mol. The van der Waals surface area contributed by atoms with Gasteiger partial charge in [0.05, 0.1) is 18.7 Å². The van der Waals surface area contributed by atoms with Crippen LogP contribution in [0.25, 0.3) is 10.9 Å². The summed E-state index contributed by atoms with van der Waals surface area (Å²) in [6, 6.07) is 11.3. The number of hydrogen-bond donors (Lipinski definition) is 1. The van der Waals surface area contributed by atoms with Gasteiger partial charge in [-0.25, -0.2) is 4.98 Å². The molecule has 1 aromatic heterocycles. The van der Waals surface area contributed by atoms with Crippen LogP contribution in [0, 0.1) is 0 Å². The maximum absolute atomic E-state index is 5.47. The van der Waals surface area contributed by atoms with Crippen LogP contribution in [0.4, 0.5) is 5.82 Å². The fourth-order valence-corrected chi connectivity index (χ4v) is 4.22. The van der Waals surface area contributed by atoms with Crippen LogP contribution in [0.15, 0.2) is 30.3 Å². The molecule has 2 aromatic rings. The van der Waals surface area contributed by atoms with Gasteiger partial charge in [0.1, 0.15) is 5.82 Å². The van der Waals surface area contributed by atoms with Gasteiger partial charge >= 0.3 is 0 Å². The molecule has 27 heavy (non-hydrogen) atoms. The highest BCUT2D eigenvalue weighted by molar-refractivity contribution is 5.81. The minimum atomic E-state index is 0.528. The molecule has 1 unspecified atom stereocenters. The zero-order valence-electron chi connectivity index (χ0n) is 16.5. The molecule has 4 rings (SSSR count). The molecular weight excluding hydrogens is 336 g/mol. The normalized spacial score (nSPS) is 20.1. The number of hydrogen-bond acceptors (Lipinski definition) is 5. The maximum Gasteiger partial charge on any atom is 0.133 e. The van der Waals surface area contributed by atoms with E-state index in [0.717, 1.165) is 58.0 Å². The number of rotatable bonds is 6. The van der Waals surface area contributed by atoms with Crippen molar-refractivity contribution in [1.82, 2.24) is 15.2 Å². The number of anilines is 1. The summed E-state index contributed by atoms with van der Waals surface area (Å²) in [6.07, 6.45) is 3.89. The summed E-state index contributed by atoms with van der Waals surface area (Å²) in [5.41, 5.74) is 2.42. The fraction of sp³-hybridized carbons (Fsp3) is 0.591. The van der Waals surface area contributed by atoms with Crippen LogP contribution in [-0.2, 0) is 11.3 Å². The number of benzene rings is 1. The Morgan fingerprint density at radius 2 is 1.85 bits per heavy atom. The molecule has 1 atom stereocenters. The number of para-hydroxylation sites is 1. The van der Waals surface area contributed by atoms with Gasteiger partial charge in [-0.15, -0.1) is 0 Å². The molecule has 3 heterocycles. The topological polar surface area (TPSA) is 40.6 Å². The quantitative estimate of drug-likeness (QED) is 0.849. The van der Waals surface area contributed by atoms with Crippen molar-refractivity contribution < 1.29 is 4.74 Å². The molecule has 2 aliphatic rings. The number of ether oxygens (including phenoxy) is 1. The molecule has 0 aliphatic carbocycles.